The van der Waals surface area contributed by atoms with Crippen LogP contribution in [0.4, 0.5) is 0 Å². The molecule has 0 amide bonds. The third kappa shape index (κ3) is 3.37. The molecule has 0 atom stereocenters. The molecule has 23 heavy (non-hydrogen) atoms. The molecule has 2 aromatic rings. The van der Waals surface area contributed by atoms with Crippen molar-refractivity contribution in [1.82, 2.24) is 14.9 Å². The number of aromatic nitrogens is 2. The molecule has 3 rings (SSSR count). The van der Waals surface area contributed by atoms with Gasteiger partial charge in [-0.25, -0.2) is 13.1 Å². The van der Waals surface area contributed by atoms with E-state index in [0.717, 1.165) is 25.7 Å². The predicted octanol–water partition coefficient (Wildman–Crippen LogP) is 2.27. The van der Waals surface area contributed by atoms with Crippen molar-refractivity contribution >= 4 is 10.0 Å². The van der Waals surface area contributed by atoms with Gasteiger partial charge in [0.15, 0.2) is 0 Å². The number of nitrogens with zero attached hydrogens (tertiary/aromatic N) is 2. The maximum atomic E-state index is 12.6. The summed E-state index contributed by atoms with van der Waals surface area (Å²) in [7, 11) is -2.07. The Kier molecular flexibility index (Phi) is 4.36. The number of benzene rings is 1. The molecular formula is C15H19N3O4S. The second-order valence-electron chi connectivity index (χ2n) is 5.60. The SMILES string of the molecule is COc1ccc(S(=O)(=O)NC2CCCC2)cc1-c1noc(C)n1. The van der Waals surface area contributed by atoms with Crippen molar-refractivity contribution in [2.45, 2.75) is 43.5 Å². The summed E-state index contributed by atoms with van der Waals surface area (Å²) in [6.07, 6.45) is 3.88. The van der Waals surface area contributed by atoms with Crippen LogP contribution < -0.4 is 9.46 Å². The summed E-state index contributed by atoms with van der Waals surface area (Å²) >= 11 is 0. The van der Waals surface area contributed by atoms with E-state index in [4.69, 9.17) is 9.26 Å². The summed E-state index contributed by atoms with van der Waals surface area (Å²) < 4.78 is 38.1. The molecule has 0 saturated heterocycles. The minimum atomic E-state index is -3.58. The second kappa shape index (κ2) is 6.29. The standard InChI is InChI=1S/C15H19N3O4S/c1-10-16-15(17-22-10)13-9-12(7-8-14(13)21-2)23(19,20)18-11-5-3-4-6-11/h7-9,11,18H,3-6H2,1-2H3. The lowest BCUT2D eigenvalue weighted by atomic mass is 10.2. The quantitative estimate of drug-likeness (QED) is 0.899. The number of hydrogen-bond acceptors (Lipinski definition) is 6. The molecular weight excluding hydrogens is 318 g/mol. The van der Waals surface area contributed by atoms with Gasteiger partial charge in [-0.05, 0) is 31.0 Å². The third-order valence-electron chi connectivity index (χ3n) is 3.93. The van der Waals surface area contributed by atoms with Crippen molar-refractivity contribution < 1.29 is 17.7 Å². The lowest BCUT2D eigenvalue weighted by Gasteiger charge is -2.14. The number of ether oxygens (including phenoxy) is 1. The molecule has 1 aromatic heterocycles. The summed E-state index contributed by atoms with van der Waals surface area (Å²) in [6.45, 7) is 1.67. The lowest BCUT2D eigenvalue weighted by Crippen LogP contribution is -2.32. The van der Waals surface area contributed by atoms with Crippen LogP contribution in [0.1, 0.15) is 31.6 Å². The molecule has 1 aliphatic carbocycles. The van der Waals surface area contributed by atoms with Gasteiger partial charge in [-0.3, -0.25) is 0 Å². The molecule has 0 radical (unpaired) electrons. The van der Waals surface area contributed by atoms with Crippen LogP contribution in [0.15, 0.2) is 27.6 Å². The van der Waals surface area contributed by atoms with E-state index in [2.05, 4.69) is 14.9 Å². The average molecular weight is 337 g/mol. The highest BCUT2D eigenvalue weighted by atomic mass is 32.2. The zero-order valence-electron chi connectivity index (χ0n) is 13.1. The summed E-state index contributed by atoms with van der Waals surface area (Å²) in [4.78, 5) is 4.31. The van der Waals surface area contributed by atoms with Gasteiger partial charge in [-0.2, -0.15) is 4.98 Å². The maximum Gasteiger partial charge on any atom is 0.240 e. The molecule has 7 nitrogen and oxygen atoms in total. The molecule has 1 fully saturated rings. The first kappa shape index (κ1) is 15.9. The fourth-order valence-corrected chi connectivity index (χ4v) is 4.10. The summed E-state index contributed by atoms with van der Waals surface area (Å²) in [5.41, 5.74) is 0.485. The van der Waals surface area contributed by atoms with E-state index in [1.807, 2.05) is 0 Å². The van der Waals surface area contributed by atoms with Crippen molar-refractivity contribution in [2.24, 2.45) is 0 Å². The van der Waals surface area contributed by atoms with Crippen LogP contribution in [0.25, 0.3) is 11.4 Å². The third-order valence-corrected chi connectivity index (χ3v) is 5.44. The molecule has 1 aromatic carbocycles. The van der Waals surface area contributed by atoms with Crippen molar-refractivity contribution in [3.63, 3.8) is 0 Å². The van der Waals surface area contributed by atoms with Gasteiger partial charge in [0.05, 0.1) is 17.6 Å². The Labute approximate surface area is 135 Å². The fourth-order valence-electron chi connectivity index (χ4n) is 2.77. The Hall–Kier alpha value is -1.93. The molecule has 0 bridgehead atoms. The van der Waals surface area contributed by atoms with Gasteiger partial charge in [-0.1, -0.05) is 18.0 Å². The van der Waals surface area contributed by atoms with E-state index in [9.17, 15) is 8.42 Å². The van der Waals surface area contributed by atoms with Crippen LogP contribution in [0.2, 0.25) is 0 Å². The molecule has 124 valence electrons. The number of rotatable bonds is 5. The van der Waals surface area contributed by atoms with Gasteiger partial charge in [0, 0.05) is 13.0 Å². The Morgan fingerprint density at radius 1 is 1.30 bits per heavy atom. The largest absolute Gasteiger partial charge is 0.496 e. The maximum absolute atomic E-state index is 12.6. The summed E-state index contributed by atoms with van der Waals surface area (Å²) in [6, 6.07) is 4.65. The van der Waals surface area contributed by atoms with Crippen molar-refractivity contribution in [2.75, 3.05) is 7.11 Å². The van der Waals surface area contributed by atoms with Gasteiger partial charge in [0.1, 0.15) is 5.75 Å². The fraction of sp³-hybridized carbons (Fsp3) is 0.467. The summed E-state index contributed by atoms with van der Waals surface area (Å²) in [5.74, 6) is 1.20. The molecule has 1 saturated carbocycles. The van der Waals surface area contributed by atoms with Crippen molar-refractivity contribution in [3.05, 3.63) is 24.1 Å². The zero-order chi connectivity index (χ0) is 16.4. The Bertz CT molecular complexity index is 795. The number of nitrogens with one attached hydrogen (secondary N) is 1. The molecule has 0 unspecified atom stereocenters. The van der Waals surface area contributed by atoms with E-state index in [-0.39, 0.29) is 10.9 Å². The molecule has 1 heterocycles. The Morgan fingerprint density at radius 2 is 2.04 bits per heavy atom. The van der Waals surface area contributed by atoms with Crippen LogP contribution in [0, 0.1) is 6.92 Å². The van der Waals surface area contributed by atoms with E-state index in [1.165, 1.54) is 19.2 Å². The van der Waals surface area contributed by atoms with E-state index < -0.39 is 10.0 Å². The van der Waals surface area contributed by atoms with Gasteiger partial charge < -0.3 is 9.26 Å². The second-order valence-corrected chi connectivity index (χ2v) is 7.32. The monoisotopic (exact) mass is 337 g/mol. The number of methoxy groups -OCH3 is 1. The lowest BCUT2D eigenvalue weighted by molar-refractivity contribution is 0.392. The Morgan fingerprint density at radius 3 is 2.65 bits per heavy atom. The molecule has 1 N–H and O–H groups in total. The van der Waals surface area contributed by atoms with Crippen LogP contribution in [-0.2, 0) is 10.0 Å². The topological polar surface area (TPSA) is 94.3 Å². The van der Waals surface area contributed by atoms with Gasteiger partial charge >= 0.3 is 0 Å². The first-order chi connectivity index (χ1) is 11.0. The van der Waals surface area contributed by atoms with Crippen LogP contribution in [0.3, 0.4) is 0 Å². The normalized spacial score (nSPS) is 15.9. The number of aryl methyl sites for hydroxylation is 1. The van der Waals surface area contributed by atoms with Crippen LogP contribution >= 0.6 is 0 Å². The van der Waals surface area contributed by atoms with Crippen LogP contribution in [-0.4, -0.2) is 31.7 Å². The molecule has 8 heteroatoms. The molecule has 1 aliphatic rings. The van der Waals surface area contributed by atoms with Gasteiger partial charge in [-0.15, -0.1) is 0 Å². The highest BCUT2D eigenvalue weighted by molar-refractivity contribution is 7.89. The van der Waals surface area contributed by atoms with Crippen molar-refractivity contribution in [3.8, 4) is 17.1 Å². The zero-order valence-corrected chi connectivity index (χ0v) is 13.9. The minimum Gasteiger partial charge on any atom is -0.496 e. The smallest absolute Gasteiger partial charge is 0.240 e. The Balaban J connectivity index is 1.97. The van der Waals surface area contributed by atoms with E-state index >= 15 is 0 Å². The van der Waals surface area contributed by atoms with Gasteiger partial charge in [0.2, 0.25) is 21.7 Å². The first-order valence-electron chi connectivity index (χ1n) is 7.50. The van der Waals surface area contributed by atoms with E-state index in [1.54, 1.807) is 13.0 Å². The first-order valence-corrected chi connectivity index (χ1v) is 8.99. The number of hydrogen-bond donors (Lipinski definition) is 1. The predicted molar refractivity (Wildman–Crippen MR) is 83.6 cm³/mol. The van der Waals surface area contributed by atoms with Crippen molar-refractivity contribution in [1.29, 1.82) is 0 Å². The molecule has 0 aliphatic heterocycles. The highest BCUT2D eigenvalue weighted by Crippen LogP contribution is 2.31. The van der Waals surface area contributed by atoms with Gasteiger partial charge in [0.25, 0.3) is 0 Å². The highest BCUT2D eigenvalue weighted by Gasteiger charge is 2.24. The van der Waals surface area contributed by atoms with E-state index in [0.29, 0.717) is 23.0 Å². The number of sulfonamides is 1. The molecule has 0 spiro atoms. The summed E-state index contributed by atoms with van der Waals surface area (Å²) in [5, 5.41) is 3.84. The average Bonchev–Trinajstić information content (AvgIpc) is 3.17. The minimum absolute atomic E-state index is 0.0120. The van der Waals surface area contributed by atoms with Crippen LogP contribution in [0.5, 0.6) is 5.75 Å².